The van der Waals surface area contributed by atoms with Crippen molar-refractivity contribution in [1.82, 2.24) is 14.8 Å². The van der Waals surface area contributed by atoms with Gasteiger partial charge in [0.25, 0.3) is 5.91 Å². The number of carbonyl (C=O) groups is 2. The third-order valence-corrected chi connectivity index (χ3v) is 3.86. The van der Waals surface area contributed by atoms with Gasteiger partial charge in [0.2, 0.25) is 0 Å². The maximum Gasteiger partial charge on any atom is 0.433 e. The second kappa shape index (κ2) is 6.99. The number of carbonyl (C=O) groups excluding carboxylic acids is 2. The summed E-state index contributed by atoms with van der Waals surface area (Å²) in [4.78, 5) is 26.8. The van der Waals surface area contributed by atoms with Crippen molar-refractivity contribution in [2.75, 3.05) is 5.32 Å². The molecule has 0 radical (unpaired) electrons. The van der Waals surface area contributed by atoms with Crippen LogP contribution >= 0.6 is 11.6 Å². The van der Waals surface area contributed by atoms with E-state index in [0.717, 1.165) is 12.1 Å². The molecule has 3 aromatic rings. The molecule has 2 aromatic heterocycles. The van der Waals surface area contributed by atoms with Gasteiger partial charge in [0.1, 0.15) is 11.4 Å². The fraction of sp³-hybridized carbons (Fsp3) is 0.176. The summed E-state index contributed by atoms with van der Waals surface area (Å²) in [6, 6.07) is 6.05. The number of aromatic nitrogens is 3. The molecule has 10 heteroatoms. The Bertz CT molecular complexity index is 1050. The van der Waals surface area contributed by atoms with Crippen molar-refractivity contribution in [3.05, 3.63) is 52.9 Å². The Kier molecular flexibility index (Phi) is 4.88. The third-order valence-electron chi connectivity index (χ3n) is 3.55. The fourth-order valence-corrected chi connectivity index (χ4v) is 2.61. The smallest absolute Gasteiger partial charge is 0.319 e. The summed E-state index contributed by atoms with van der Waals surface area (Å²) in [6.45, 7) is 1.51. The van der Waals surface area contributed by atoms with Gasteiger partial charge in [-0.05, 0) is 31.2 Å². The van der Waals surface area contributed by atoms with Crippen LogP contribution in [-0.4, -0.2) is 26.5 Å². The molecular weight excluding hydrogens is 385 g/mol. The Hall–Kier alpha value is -2.94. The first-order valence-electron chi connectivity index (χ1n) is 7.65. The molecule has 0 unspecified atom stereocenters. The minimum Gasteiger partial charge on any atom is -0.319 e. The lowest BCUT2D eigenvalue weighted by Gasteiger charge is -2.09. The Balaban J connectivity index is 1.88. The quantitative estimate of drug-likeness (QED) is 0.724. The summed E-state index contributed by atoms with van der Waals surface area (Å²) in [7, 11) is 0. The topological polar surface area (TPSA) is 76.9 Å². The van der Waals surface area contributed by atoms with E-state index in [1.807, 2.05) is 0 Å². The number of benzene rings is 1. The molecule has 0 aliphatic rings. The first-order chi connectivity index (χ1) is 12.6. The summed E-state index contributed by atoms with van der Waals surface area (Å²) in [5.74, 6) is -0.920. The number of hydrogen-bond acceptors (Lipinski definition) is 4. The highest BCUT2D eigenvalue weighted by molar-refractivity contribution is 6.34. The molecule has 0 spiro atoms. The zero-order chi connectivity index (χ0) is 19.8. The molecule has 0 bridgehead atoms. The Morgan fingerprint density at radius 3 is 2.67 bits per heavy atom. The third kappa shape index (κ3) is 4.25. The minimum atomic E-state index is -4.65. The van der Waals surface area contributed by atoms with E-state index in [1.54, 1.807) is 6.20 Å². The van der Waals surface area contributed by atoms with Crippen LogP contribution in [0, 0.1) is 0 Å². The molecule has 0 atom stereocenters. The van der Waals surface area contributed by atoms with Gasteiger partial charge in [-0.15, -0.1) is 0 Å². The van der Waals surface area contributed by atoms with E-state index in [-0.39, 0.29) is 23.0 Å². The van der Waals surface area contributed by atoms with Gasteiger partial charge in [-0.25, -0.2) is 4.98 Å². The molecule has 1 N–H and O–H groups in total. The van der Waals surface area contributed by atoms with E-state index >= 15 is 0 Å². The molecule has 1 aromatic carbocycles. The molecule has 0 aliphatic carbocycles. The van der Waals surface area contributed by atoms with Crippen molar-refractivity contribution in [2.45, 2.75) is 19.6 Å². The number of halogens is 4. The number of nitrogens with zero attached hydrogens (tertiary/aromatic N) is 3. The van der Waals surface area contributed by atoms with Gasteiger partial charge in [-0.2, -0.15) is 18.3 Å². The van der Waals surface area contributed by atoms with Crippen molar-refractivity contribution < 1.29 is 22.8 Å². The van der Waals surface area contributed by atoms with Crippen LogP contribution in [0.15, 0.2) is 36.5 Å². The van der Waals surface area contributed by atoms with Crippen LogP contribution < -0.4 is 5.32 Å². The number of ketones is 1. The second-order valence-corrected chi connectivity index (χ2v) is 6.19. The Labute approximate surface area is 155 Å². The number of rotatable bonds is 4. The average Bonchev–Trinajstić information content (AvgIpc) is 2.94. The lowest BCUT2D eigenvalue weighted by atomic mass is 10.2. The van der Waals surface area contributed by atoms with Crippen LogP contribution in [0.1, 0.15) is 23.1 Å². The molecule has 0 fully saturated rings. The van der Waals surface area contributed by atoms with Crippen LogP contribution in [0.5, 0.6) is 0 Å². The number of amides is 1. The van der Waals surface area contributed by atoms with Crippen LogP contribution in [-0.2, 0) is 17.5 Å². The van der Waals surface area contributed by atoms with E-state index in [0.29, 0.717) is 10.9 Å². The van der Waals surface area contributed by atoms with E-state index in [9.17, 15) is 22.8 Å². The predicted octanol–water partition coefficient (Wildman–Crippen LogP) is 3.94. The molecule has 6 nitrogen and oxygen atoms in total. The lowest BCUT2D eigenvalue weighted by Crippen LogP contribution is -2.17. The van der Waals surface area contributed by atoms with Crippen molar-refractivity contribution in [3.63, 3.8) is 0 Å². The summed E-state index contributed by atoms with van der Waals surface area (Å²) in [5, 5.41) is 7.39. The van der Waals surface area contributed by atoms with Crippen LogP contribution in [0.4, 0.5) is 18.9 Å². The van der Waals surface area contributed by atoms with Crippen LogP contribution in [0.2, 0.25) is 5.02 Å². The highest BCUT2D eigenvalue weighted by Crippen LogP contribution is 2.29. The number of pyridine rings is 1. The second-order valence-electron chi connectivity index (χ2n) is 5.78. The Morgan fingerprint density at radius 2 is 2.00 bits per heavy atom. The van der Waals surface area contributed by atoms with Gasteiger partial charge in [-0.1, -0.05) is 17.7 Å². The number of anilines is 1. The van der Waals surface area contributed by atoms with Crippen molar-refractivity contribution in [2.24, 2.45) is 0 Å². The molecule has 2 heterocycles. The number of hydrogen-bond donors (Lipinski definition) is 1. The first kappa shape index (κ1) is 18.8. The lowest BCUT2D eigenvalue weighted by molar-refractivity contribution is -0.141. The van der Waals surface area contributed by atoms with E-state index in [2.05, 4.69) is 15.4 Å². The number of nitrogens with one attached hydrogen (secondary N) is 1. The molecule has 0 saturated carbocycles. The largest absolute Gasteiger partial charge is 0.433 e. The minimum absolute atomic E-state index is 0.0851. The zero-order valence-corrected chi connectivity index (χ0v) is 14.6. The average molecular weight is 397 g/mol. The molecule has 27 heavy (non-hydrogen) atoms. The number of fused-ring (bicyclic) bond motifs is 1. The SMILES string of the molecule is CC(=O)Cn1cc2cc(NC(=O)c3cccc(C(F)(F)F)n3)c(Cl)cc2n1. The molecule has 0 aliphatic heterocycles. The van der Waals surface area contributed by atoms with E-state index < -0.39 is 23.5 Å². The summed E-state index contributed by atoms with van der Waals surface area (Å²) >= 11 is 6.12. The van der Waals surface area contributed by atoms with Crippen LogP contribution in [0.3, 0.4) is 0 Å². The number of Topliss-reactive ketones (excluding diaryl/α,β-unsaturated/α-hetero) is 1. The predicted molar refractivity (Wildman–Crippen MR) is 92.6 cm³/mol. The summed E-state index contributed by atoms with van der Waals surface area (Å²) < 4.78 is 39.7. The molecule has 140 valence electrons. The van der Waals surface area contributed by atoms with Crippen molar-refractivity contribution >= 4 is 39.9 Å². The van der Waals surface area contributed by atoms with Gasteiger partial charge < -0.3 is 5.32 Å². The van der Waals surface area contributed by atoms with Gasteiger partial charge in [0.15, 0.2) is 5.78 Å². The highest BCUT2D eigenvalue weighted by Gasteiger charge is 2.33. The molecular formula is C17H12ClF3N4O2. The zero-order valence-electron chi connectivity index (χ0n) is 13.8. The van der Waals surface area contributed by atoms with Gasteiger partial charge in [0, 0.05) is 11.6 Å². The standard InChI is InChI=1S/C17H12ClF3N4O2/c1-9(26)7-25-8-10-5-14(11(18)6-13(10)24-25)23-16(27)12-3-2-4-15(22-12)17(19,20)21/h2-6,8H,7H2,1H3,(H,23,27). The molecule has 1 amide bonds. The van der Waals surface area contributed by atoms with Crippen molar-refractivity contribution in [3.8, 4) is 0 Å². The fourth-order valence-electron chi connectivity index (χ4n) is 2.41. The highest BCUT2D eigenvalue weighted by atomic mass is 35.5. The summed E-state index contributed by atoms with van der Waals surface area (Å²) in [6.07, 6.45) is -3.05. The van der Waals surface area contributed by atoms with Gasteiger partial charge in [0.05, 0.1) is 22.8 Å². The Morgan fingerprint density at radius 1 is 1.26 bits per heavy atom. The van der Waals surface area contributed by atoms with Crippen LogP contribution in [0.25, 0.3) is 10.9 Å². The first-order valence-corrected chi connectivity index (χ1v) is 8.03. The van der Waals surface area contributed by atoms with E-state index in [4.69, 9.17) is 11.6 Å². The maximum atomic E-state index is 12.7. The summed E-state index contributed by atoms with van der Waals surface area (Å²) in [5.41, 5.74) is -0.859. The van der Waals surface area contributed by atoms with Crippen molar-refractivity contribution in [1.29, 1.82) is 0 Å². The molecule has 0 saturated heterocycles. The monoisotopic (exact) mass is 396 g/mol. The number of alkyl halides is 3. The van der Waals surface area contributed by atoms with E-state index in [1.165, 1.54) is 29.8 Å². The van der Waals surface area contributed by atoms with Gasteiger partial charge >= 0.3 is 6.18 Å². The maximum absolute atomic E-state index is 12.7. The normalized spacial score (nSPS) is 11.6. The van der Waals surface area contributed by atoms with Gasteiger partial charge in [-0.3, -0.25) is 14.3 Å². The molecule has 3 rings (SSSR count).